The summed E-state index contributed by atoms with van der Waals surface area (Å²) >= 11 is 0. The van der Waals surface area contributed by atoms with Gasteiger partial charge in [-0.25, -0.2) is 5.10 Å². The molecule has 1 aliphatic heterocycles. The summed E-state index contributed by atoms with van der Waals surface area (Å²) in [5, 5.41) is 10.8. The van der Waals surface area contributed by atoms with Gasteiger partial charge in [0, 0.05) is 30.9 Å². The third kappa shape index (κ3) is 4.40. The van der Waals surface area contributed by atoms with Crippen molar-refractivity contribution in [3.8, 4) is 0 Å². The molecule has 1 saturated heterocycles. The zero-order chi connectivity index (χ0) is 20.9. The summed E-state index contributed by atoms with van der Waals surface area (Å²) in [6.07, 6.45) is 1.42. The van der Waals surface area contributed by atoms with Crippen molar-refractivity contribution in [3.05, 3.63) is 76.2 Å². The quantitative estimate of drug-likeness (QED) is 0.680. The van der Waals surface area contributed by atoms with Gasteiger partial charge in [-0.2, -0.15) is 5.10 Å². The molecule has 1 fully saturated rings. The van der Waals surface area contributed by atoms with Crippen molar-refractivity contribution in [3.63, 3.8) is 0 Å². The lowest BCUT2D eigenvalue weighted by atomic mass is 9.95. The van der Waals surface area contributed by atoms with Gasteiger partial charge in [-0.15, -0.1) is 0 Å². The Kier molecular flexibility index (Phi) is 5.88. The van der Waals surface area contributed by atoms with Gasteiger partial charge in [-0.1, -0.05) is 48.5 Å². The van der Waals surface area contributed by atoms with Crippen molar-refractivity contribution in [1.82, 2.24) is 20.4 Å². The average Bonchev–Trinajstić information content (AvgIpc) is 2.80. The van der Waals surface area contributed by atoms with E-state index in [1.807, 2.05) is 42.5 Å². The zero-order valence-corrected chi connectivity index (χ0v) is 16.6. The lowest BCUT2D eigenvalue weighted by molar-refractivity contribution is -0.135. The SMILES string of the molecule is O=C(NCc1ccccc1)C1CCN(C(=O)Cc2n[nH]c(=O)c3ccccc23)CC1. The van der Waals surface area contributed by atoms with Crippen LogP contribution in [0.2, 0.25) is 0 Å². The minimum absolute atomic E-state index is 0.0390. The van der Waals surface area contributed by atoms with Crippen LogP contribution in [0.25, 0.3) is 10.8 Å². The number of rotatable bonds is 5. The summed E-state index contributed by atoms with van der Waals surface area (Å²) in [4.78, 5) is 38.9. The van der Waals surface area contributed by atoms with Gasteiger partial charge < -0.3 is 10.2 Å². The second-order valence-electron chi connectivity index (χ2n) is 7.58. The van der Waals surface area contributed by atoms with Crippen LogP contribution in [-0.2, 0) is 22.6 Å². The van der Waals surface area contributed by atoms with E-state index in [4.69, 9.17) is 0 Å². The number of H-pyrrole nitrogens is 1. The van der Waals surface area contributed by atoms with Crippen molar-refractivity contribution >= 4 is 22.6 Å². The molecule has 1 aliphatic rings. The summed E-state index contributed by atoms with van der Waals surface area (Å²) in [7, 11) is 0. The lowest BCUT2D eigenvalue weighted by Crippen LogP contribution is -2.43. The fraction of sp³-hybridized carbons (Fsp3) is 0.304. The number of carbonyl (C=O) groups excluding carboxylic acids is 2. The van der Waals surface area contributed by atoms with E-state index in [1.54, 1.807) is 17.0 Å². The molecular weight excluding hydrogens is 380 g/mol. The number of aromatic nitrogens is 2. The third-order valence-electron chi connectivity index (χ3n) is 5.62. The Labute approximate surface area is 174 Å². The highest BCUT2D eigenvalue weighted by Gasteiger charge is 2.27. The zero-order valence-electron chi connectivity index (χ0n) is 16.6. The van der Waals surface area contributed by atoms with Gasteiger partial charge in [0.05, 0.1) is 17.5 Å². The van der Waals surface area contributed by atoms with Crippen LogP contribution in [0.1, 0.15) is 24.1 Å². The largest absolute Gasteiger partial charge is 0.352 e. The molecule has 0 atom stereocenters. The van der Waals surface area contributed by atoms with E-state index in [0.717, 1.165) is 5.56 Å². The van der Waals surface area contributed by atoms with E-state index >= 15 is 0 Å². The molecule has 0 spiro atoms. The first-order valence-electron chi connectivity index (χ1n) is 10.2. The highest BCUT2D eigenvalue weighted by molar-refractivity contribution is 5.88. The topological polar surface area (TPSA) is 95.2 Å². The molecule has 4 rings (SSSR count). The van der Waals surface area contributed by atoms with E-state index in [-0.39, 0.29) is 29.7 Å². The maximum absolute atomic E-state index is 12.8. The number of carbonyl (C=O) groups is 2. The van der Waals surface area contributed by atoms with E-state index in [9.17, 15) is 14.4 Å². The number of hydrogen-bond acceptors (Lipinski definition) is 4. The van der Waals surface area contributed by atoms with Crippen molar-refractivity contribution in [2.75, 3.05) is 13.1 Å². The molecule has 2 N–H and O–H groups in total. The highest BCUT2D eigenvalue weighted by Crippen LogP contribution is 2.20. The van der Waals surface area contributed by atoms with E-state index in [2.05, 4.69) is 15.5 Å². The number of fused-ring (bicyclic) bond motifs is 1. The maximum atomic E-state index is 12.8. The molecule has 0 unspecified atom stereocenters. The van der Waals surface area contributed by atoms with Crippen LogP contribution in [0.5, 0.6) is 0 Å². The van der Waals surface area contributed by atoms with Crippen LogP contribution in [0.15, 0.2) is 59.4 Å². The fourth-order valence-electron chi connectivity index (χ4n) is 3.88. The number of nitrogens with one attached hydrogen (secondary N) is 2. The summed E-state index contributed by atoms with van der Waals surface area (Å²) < 4.78 is 0. The Morgan fingerprint density at radius 1 is 1.00 bits per heavy atom. The van der Waals surface area contributed by atoms with Crippen LogP contribution in [0.3, 0.4) is 0 Å². The summed E-state index contributed by atoms with van der Waals surface area (Å²) in [6.45, 7) is 1.61. The molecule has 2 heterocycles. The summed E-state index contributed by atoms with van der Waals surface area (Å²) in [5.41, 5.74) is 1.38. The number of amides is 2. The molecule has 0 aliphatic carbocycles. The third-order valence-corrected chi connectivity index (χ3v) is 5.62. The molecule has 7 nitrogen and oxygen atoms in total. The first-order valence-corrected chi connectivity index (χ1v) is 10.2. The minimum atomic E-state index is -0.260. The molecule has 2 amide bonds. The molecule has 7 heteroatoms. The number of nitrogens with zero attached hydrogens (tertiary/aromatic N) is 2. The Balaban J connectivity index is 1.32. The molecule has 0 saturated carbocycles. The van der Waals surface area contributed by atoms with Crippen molar-refractivity contribution < 1.29 is 9.59 Å². The van der Waals surface area contributed by atoms with Crippen LogP contribution < -0.4 is 10.9 Å². The fourth-order valence-corrected chi connectivity index (χ4v) is 3.88. The van der Waals surface area contributed by atoms with Crippen LogP contribution >= 0.6 is 0 Å². The minimum Gasteiger partial charge on any atom is -0.352 e. The van der Waals surface area contributed by atoms with Gasteiger partial charge in [-0.05, 0) is 24.5 Å². The Morgan fingerprint density at radius 2 is 1.67 bits per heavy atom. The molecule has 30 heavy (non-hydrogen) atoms. The molecule has 2 aromatic carbocycles. The van der Waals surface area contributed by atoms with Crippen LogP contribution in [-0.4, -0.2) is 40.0 Å². The standard InChI is InChI=1S/C23H24N4O3/c28-21(14-20-18-8-4-5-9-19(18)23(30)26-25-20)27-12-10-17(11-13-27)22(29)24-15-16-6-2-1-3-7-16/h1-9,17H,10-15H2,(H,24,29)(H,26,30). The van der Waals surface area contributed by atoms with Gasteiger partial charge in [0.15, 0.2) is 0 Å². The second kappa shape index (κ2) is 8.90. The first kappa shape index (κ1) is 19.8. The van der Waals surface area contributed by atoms with E-state index in [1.165, 1.54) is 0 Å². The van der Waals surface area contributed by atoms with Crippen molar-refractivity contribution in [2.45, 2.75) is 25.8 Å². The average molecular weight is 404 g/mol. The molecule has 0 bridgehead atoms. The van der Waals surface area contributed by atoms with Crippen LogP contribution in [0, 0.1) is 5.92 Å². The molecular formula is C23H24N4O3. The van der Waals surface area contributed by atoms with Crippen molar-refractivity contribution in [2.24, 2.45) is 5.92 Å². The normalized spacial score (nSPS) is 14.6. The van der Waals surface area contributed by atoms with Gasteiger partial charge in [0.1, 0.15) is 0 Å². The second-order valence-corrected chi connectivity index (χ2v) is 7.58. The Morgan fingerprint density at radius 3 is 2.40 bits per heavy atom. The Hall–Kier alpha value is -3.48. The van der Waals surface area contributed by atoms with E-state index in [0.29, 0.717) is 48.9 Å². The number of piperidine rings is 1. The van der Waals surface area contributed by atoms with Crippen molar-refractivity contribution in [1.29, 1.82) is 0 Å². The summed E-state index contributed by atoms with van der Waals surface area (Å²) in [6, 6.07) is 17.0. The number of benzene rings is 2. The molecule has 0 radical (unpaired) electrons. The smallest absolute Gasteiger partial charge is 0.272 e. The molecule has 154 valence electrons. The maximum Gasteiger partial charge on any atom is 0.272 e. The molecule has 3 aromatic rings. The van der Waals surface area contributed by atoms with E-state index < -0.39 is 0 Å². The van der Waals surface area contributed by atoms with Gasteiger partial charge in [0.2, 0.25) is 11.8 Å². The van der Waals surface area contributed by atoms with Gasteiger partial charge >= 0.3 is 0 Å². The monoisotopic (exact) mass is 404 g/mol. The predicted molar refractivity (Wildman–Crippen MR) is 114 cm³/mol. The number of aromatic amines is 1. The van der Waals surface area contributed by atoms with Gasteiger partial charge in [0.25, 0.3) is 5.56 Å². The highest BCUT2D eigenvalue weighted by atomic mass is 16.2. The lowest BCUT2D eigenvalue weighted by Gasteiger charge is -2.31. The Bertz CT molecular complexity index is 1100. The first-order chi connectivity index (χ1) is 14.6. The summed E-state index contributed by atoms with van der Waals surface area (Å²) in [5.74, 6) is -0.0770. The predicted octanol–water partition coefficient (Wildman–Crippen LogP) is 2.02. The number of likely N-dealkylation sites (tertiary alicyclic amines) is 1. The molecule has 1 aromatic heterocycles. The van der Waals surface area contributed by atoms with Gasteiger partial charge in [-0.3, -0.25) is 14.4 Å². The number of hydrogen-bond donors (Lipinski definition) is 2. The van der Waals surface area contributed by atoms with Crippen LogP contribution in [0.4, 0.5) is 0 Å².